The lowest BCUT2D eigenvalue weighted by Gasteiger charge is -2.03. The maximum atomic E-state index is 5.50. The van der Waals surface area contributed by atoms with Gasteiger partial charge < -0.3 is 14.1 Å². The number of aromatic nitrogens is 3. The highest BCUT2D eigenvalue weighted by atomic mass is 32.1. The molecule has 0 aliphatic rings. The SMILES string of the molecule is COc1ccc2[nH]c(-c3n[nH]c(=S)o3)c(-c3ccccc3)c2c1. The first-order chi connectivity index (χ1) is 11.3. The van der Waals surface area contributed by atoms with E-state index in [-0.39, 0.29) is 4.84 Å². The normalized spacial score (nSPS) is 11.0. The van der Waals surface area contributed by atoms with Gasteiger partial charge in [0.2, 0.25) is 0 Å². The zero-order valence-corrected chi connectivity index (χ0v) is 13.1. The standard InChI is InChI=1S/C17H13N3O2S/c1-21-11-7-8-13-12(9-11)14(10-5-3-2-4-6-10)15(18-13)16-19-20-17(23)22-16/h2-9,18H,1H3,(H,20,23). The molecule has 0 fully saturated rings. The van der Waals surface area contributed by atoms with E-state index in [0.29, 0.717) is 5.89 Å². The van der Waals surface area contributed by atoms with Gasteiger partial charge in [-0.25, -0.2) is 5.10 Å². The molecule has 0 atom stereocenters. The first-order valence-corrected chi connectivity index (χ1v) is 7.48. The van der Waals surface area contributed by atoms with Crippen LogP contribution in [-0.4, -0.2) is 22.3 Å². The minimum absolute atomic E-state index is 0.246. The molecule has 0 bridgehead atoms. The van der Waals surface area contributed by atoms with Crippen LogP contribution < -0.4 is 4.74 Å². The van der Waals surface area contributed by atoms with Crippen molar-refractivity contribution in [2.24, 2.45) is 0 Å². The number of H-pyrrole nitrogens is 2. The zero-order valence-electron chi connectivity index (χ0n) is 12.3. The van der Waals surface area contributed by atoms with Crippen molar-refractivity contribution < 1.29 is 9.15 Å². The summed E-state index contributed by atoms with van der Waals surface area (Å²) < 4.78 is 10.9. The Hall–Kier alpha value is -2.86. The minimum atomic E-state index is 0.246. The Morgan fingerprint density at radius 1 is 1.13 bits per heavy atom. The zero-order chi connectivity index (χ0) is 15.8. The largest absolute Gasteiger partial charge is 0.497 e. The third-order valence-corrected chi connectivity index (χ3v) is 3.89. The highest BCUT2D eigenvalue weighted by Crippen LogP contribution is 2.38. The second kappa shape index (κ2) is 5.40. The number of fused-ring (bicyclic) bond motifs is 1. The van der Waals surface area contributed by atoms with Crippen LogP contribution in [0.15, 0.2) is 52.9 Å². The van der Waals surface area contributed by atoms with Crippen molar-refractivity contribution in [3.63, 3.8) is 0 Å². The molecule has 0 amide bonds. The fourth-order valence-corrected chi connectivity index (χ4v) is 2.82. The average molecular weight is 323 g/mol. The summed E-state index contributed by atoms with van der Waals surface area (Å²) in [5.41, 5.74) is 3.83. The predicted octanol–water partition coefficient (Wildman–Crippen LogP) is 4.56. The number of nitrogens with zero attached hydrogens (tertiary/aromatic N) is 1. The van der Waals surface area contributed by atoms with Crippen molar-refractivity contribution >= 4 is 23.1 Å². The van der Waals surface area contributed by atoms with E-state index in [1.54, 1.807) is 7.11 Å². The second-order valence-corrected chi connectivity index (χ2v) is 5.44. The monoisotopic (exact) mass is 323 g/mol. The Kier molecular flexibility index (Phi) is 3.24. The fraction of sp³-hybridized carbons (Fsp3) is 0.0588. The summed E-state index contributed by atoms with van der Waals surface area (Å²) in [6, 6.07) is 16.0. The average Bonchev–Trinajstić information content (AvgIpc) is 3.18. The third-order valence-electron chi connectivity index (χ3n) is 3.72. The van der Waals surface area contributed by atoms with Crippen LogP contribution in [0.25, 0.3) is 33.6 Å². The van der Waals surface area contributed by atoms with Gasteiger partial charge in [-0.3, -0.25) is 0 Å². The van der Waals surface area contributed by atoms with Crippen molar-refractivity contribution in [3.8, 4) is 28.5 Å². The molecule has 0 saturated carbocycles. The summed E-state index contributed by atoms with van der Waals surface area (Å²) in [6.07, 6.45) is 0. The molecule has 0 unspecified atom stereocenters. The van der Waals surface area contributed by atoms with Crippen molar-refractivity contribution in [3.05, 3.63) is 53.4 Å². The molecule has 4 aromatic rings. The molecule has 2 aromatic carbocycles. The van der Waals surface area contributed by atoms with Gasteiger partial charge in [0.25, 0.3) is 10.7 Å². The number of benzene rings is 2. The number of ether oxygens (including phenoxy) is 1. The van der Waals surface area contributed by atoms with Crippen molar-refractivity contribution in [2.75, 3.05) is 7.11 Å². The fourth-order valence-electron chi connectivity index (χ4n) is 2.70. The quantitative estimate of drug-likeness (QED) is 0.543. The number of hydrogen-bond acceptors (Lipinski definition) is 4. The van der Waals surface area contributed by atoms with E-state index >= 15 is 0 Å². The van der Waals surface area contributed by atoms with Gasteiger partial charge in [0.05, 0.1) is 7.11 Å². The number of methoxy groups -OCH3 is 1. The molecule has 0 saturated heterocycles. The molecule has 2 heterocycles. The maximum absolute atomic E-state index is 5.50. The molecule has 2 N–H and O–H groups in total. The van der Waals surface area contributed by atoms with E-state index in [2.05, 4.69) is 15.2 Å². The lowest BCUT2D eigenvalue weighted by molar-refractivity contribution is 0.415. The Morgan fingerprint density at radius 2 is 1.96 bits per heavy atom. The molecule has 4 rings (SSSR count). The molecule has 5 nitrogen and oxygen atoms in total. The van der Waals surface area contributed by atoms with Gasteiger partial charge in [-0.1, -0.05) is 30.3 Å². The number of nitrogens with one attached hydrogen (secondary N) is 2. The van der Waals surface area contributed by atoms with E-state index < -0.39 is 0 Å². The van der Waals surface area contributed by atoms with Gasteiger partial charge in [0.1, 0.15) is 11.4 Å². The van der Waals surface area contributed by atoms with E-state index in [1.165, 1.54) is 0 Å². The van der Waals surface area contributed by atoms with Crippen LogP contribution in [0.5, 0.6) is 5.75 Å². The smallest absolute Gasteiger partial charge is 0.284 e. The summed E-state index contributed by atoms with van der Waals surface area (Å²) in [6.45, 7) is 0. The summed E-state index contributed by atoms with van der Waals surface area (Å²) in [5.74, 6) is 1.23. The molecule has 0 spiro atoms. The van der Waals surface area contributed by atoms with E-state index in [4.69, 9.17) is 21.4 Å². The molecule has 0 aliphatic heterocycles. The van der Waals surface area contributed by atoms with Gasteiger partial charge in [-0.05, 0) is 36.0 Å². The van der Waals surface area contributed by atoms with Crippen LogP contribution >= 0.6 is 12.2 Å². The van der Waals surface area contributed by atoms with Gasteiger partial charge in [-0.2, -0.15) is 0 Å². The van der Waals surface area contributed by atoms with Crippen LogP contribution in [0.2, 0.25) is 0 Å². The van der Waals surface area contributed by atoms with Crippen LogP contribution in [0.4, 0.5) is 0 Å². The third kappa shape index (κ3) is 2.33. The number of rotatable bonds is 3. The summed E-state index contributed by atoms with van der Waals surface area (Å²) >= 11 is 4.99. The van der Waals surface area contributed by atoms with Gasteiger partial charge >= 0.3 is 0 Å². The number of hydrogen-bond donors (Lipinski definition) is 2. The first-order valence-electron chi connectivity index (χ1n) is 7.07. The number of aromatic amines is 2. The van der Waals surface area contributed by atoms with E-state index in [9.17, 15) is 0 Å². The van der Waals surface area contributed by atoms with Gasteiger partial charge in [0, 0.05) is 16.5 Å². The molecule has 2 aromatic heterocycles. The predicted molar refractivity (Wildman–Crippen MR) is 91.0 cm³/mol. The highest BCUT2D eigenvalue weighted by molar-refractivity contribution is 7.71. The topological polar surface area (TPSA) is 66.8 Å². The molecule has 23 heavy (non-hydrogen) atoms. The van der Waals surface area contributed by atoms with Crippen molar-refractivity contribution in [1.82, 2.24) is 15.2 Å². The first kappa shape index (κ1) is 13.8. The van der Waals surface area contributed by atoms with Crippen LogP contribution in [0.3, 0.4) is 0 Å². The van der Waals surface area contributed by atoms with Crippen molar-refractivity contribution in [2.45, 2.75) is 0 Å². The summed E-state index contributed by atoms with van der Waals surface area (Å²) in [4.78, 5) is 3.61. The Bertz CT molecular complexity index is 1030. The van der Waals surface area contributed by atoms with Crippen LogP contribution in [0, 0.1) is 4.84 Å². The van der Waals surface area contributed by atoms with Gasteiger partial charge in [-0.15, -0.1) is 5.10 Å². The van der Waals surface area contributed by atoms with Crippen LogP contribution in [0.1, 0.15) is 0 Å². The molecule has 114 valence electrons. The molecule has 0 radical (unpaired) electrons. The lowest BCUT2D eigenvalue weighted by atomic mass is 10.0. The van der Waals surface area contributed by atoms with Gasteiger partial charge in [0.15, 0.2) is 0 Å². The summed E-state index contributed by atoms with van der Waals surface area (Å²) in [5, 5.41) is 7.85. The Labute approximate surface area is 136 Å². The Morgan fingerprint density at radius 3 is 2.65 bits per heavy atom. The van der Waals surface area contributed by atoms with Crippen molar-refractivity contribution in [1.29, 1.82) is 0 Å². The lowest BCUT2D eigenvalue weighted by Crippen LogP contribution is -1.84. The maximum Gasteiger partial charge on any atom is 0.284 e. The van der Waals surface area contributed by atoms with Crippen LogP contribution in [-0.2, 0) is 0 Å². The highest BCUT2D eigenvalue weighted by Gasteiger charge is 2.18. The minimum Gasteiger partial charge on any atom is -0.497 e. The molecule has 6 heteroatoms. The molecule has 0 aliphatic carbocycles. The molecular weight excluding hydrogens is 310 g/mol. The van der Waals surface area contributed by atoms with E-state index in [0.717, 1.165) is 33.5 Å². The Balaban J connectivity index is 2.07. The van der Waals surface area contributed by atoms with E-state index in [1.807, 2.05) is 48.5 Å². The second-order valence-electron chi connectivity index (χ2n) is 5.07. The molecular formula is C17H13N3O2S. The summed E-state index contributed by atoms with van der Waals surface area (Å²) in [7, 11) is 1.66.